The maximum atomic E-state index is 13.4. The van der Waals surface area contributed by atoms with Crippen molar-refractivity contribution in [1.82, 2.24) is 30.0 Å². The van der Waals surface area contributed by atoms with E-state index >= 15 is 0 Å². The highest BCUT2D eigenvalue weighted by Gasteiger charge is 2.28. The molecule has 0 bridgehead atoms. The average molecular weight is 406 g/mol. The first-order chi connectivity index (χ1) is 14.6. The van der Waals surface area contributed by atoms with Crippen LogP contribution in [0.3, 0.4) is 0 Å². The van der Waals surface area contributed by atoms with Crippen LogP contribution in [0, 0.1) is 12.7 Å². The second-order valence-corrected chi connectivity index (χ2v) is 7.47. The number of H-pyrrole nitrogens is 1. The fraction of sp³-hybridized carbons (Fsp3) is 0.286. The van der Waals surface area contributed by atoms with Gasteiger partial charge in [0, 0.05) is 36.1 Å². The van der Waals surface area contributed by atoms with Crippen LogP contribution >= 0.6 is 0 Å². The highest BCUT2D eigenvalue weighted by Crippen LogP contribution is 2.29. The highest BCUT2D eigenvalue weighted by molar-refractivity contribution is 5.98. The van der Waals surface area contributed by atoms with Crippen molar-refractivity contribution in [3.63, 3.8) is 0 Å². The molecule has 1 amide bonds. The van der Waals surface area contributed by atoms with Crippen molar-refractivity contribution in [3.8, 4) is 11.6 Å². The summed E-state index contributed by atoms with van der Waals surface area (Å²) in [5.41, 5.74) is 2.57. The van der Waals surface area contributed by atoms with Crippen molar-refractivity contribution in [2.75, 3.05) is 13.1 Å². The molecule has 0 aliphatic carbocycles. The number of fused-ring (bicyclic) bond motifs is 1. The van der Waals surface area contributed by atoms with E-state index in [1.54, 1.807) is 29.4 Å². The second-order valence-electron chi connectivity index (χ2n) is 7.47. The minimum atomic E-state index is -0.322. The van der Waals surface area contributed by atoms with Crippen LogP contribution < -0.4 is 0 Å². The molecule has 0 saturated carbocycles. The summed E-state index contributed by atoms with van der Waals surface area (Å²) in [6, 6.07) is 6.12. The predicted octanol–water partition coefficient (Wildman–Crippen LogP) is 3.48. The molecule has 30 heavy (non-hydrogen) atoms. The average Bonchev–Trinajstić information content (AvgIpc) is 3.41. The van der Waals surface area contributed by atoms with Gasteiger partial charge in [-0.05, 0) is 44.0 Å². The Bertz CT molecular complexity index is 1210. The first kappa shape index (κ1) is 18.4. The van der Waals surface area contributed by atoms with Gasteiger partial charge in [-0.1, -0.05) is 0 Å². The van der Waals surface area contributed by atoms with Crippen LogP contribution in [0.1, 0.15) is 40.8 Å². The summed E-state index contributed by atoms with van der Waals surface area (Å²) in [4.78, 5) is 26.2. The quantitative estimate of drug-likeness (QED) is 0.559. The number of carbonyl (C=O) groups is 1. The molecule has 152 valence electrons. The topological polar surface area (TPSA) is 101 Å². The molecule has 1 fully saturated rings. The Labute approximate surface area is 171 Å². The Balaban J connectivity index is 1.25. The van der Waals surface area contributed by atoms with Crippen LogP contribution in [0.2, 0.25) is 0 Å². The van der Waals surface area contributed by atoms with Crippen molar-refractivity contribution in [2.24, 2.45) is 0 Å². The zero-order valence-corrected chi connectivity index (χ0v) is 16.3. The number of nitrogens with one attached hydrogen (secondary N) is 1. The van der Waals surface area contributed by atoms with Gasteiger partial charge in [0.05, 0.1) is 11.9 Å². The van der Waals surface area contributed by atoms with Crippen LogP contribution in [0.25, 0.3) is 22.5 Å². The number of amides is 1. The molecule has 1 aromatic carbocycles. The van der Waals surface area contributed by atoms with Crippen LogP contribution in [0.4, 0.5) is 4.39 Å². The number of hydrogen-bond acceptors (Lipinski definition) is 6. The van der Waals surface area contributed by atoms with E-state index in [-0.39, 0.29) is 17.6 Å². The summed E-state index contributed by atoms with van der Waals surface area (Å²) in [6.07, 6.45) is 4.71. The molecule has 5 rings (SSSR count). The lowest BCUT2D eigenvalue weighted by atomic mass is 9.96. The Morgan fingerprint density at radius 3 is 2.77 bits per heavy atom. The smallest absolute Gasteiger partial charge is 0.270 e. The van der Waals surface area contributed by atoms with E-state index < -0.39 is 0 Å². The van der Waals surface area contributed by atoms with Crippen LogP contribution in [0.5, 0.6) is 0 Å². The molecule has 8 nitrogen and oxygen atoms in total. The summed E-state index contributed by atoms with van der Waals surface area (Å²) in [5, 5.41) is 8.95. The number of halogens is 1. The zero-order valence-electron chi connectivity index (χ0n) is 16.3. The standard InChI is InChI=1S/C21H19FN6O2/c1-12-10-24-18(11-23-12)20-27-26-19(30-20)13-4-6-28(7-5-13)21(29)17-9-14-8-15(22)2-3-16(14)25-17/h2-3,8-11,13,25H,4-7H2,1H3. The minimum absolute atomic E-state index is 0.0884. The number of piperidine rings is 1. The molecule has 0 unspecified atom stereocenters. The van der Waals surface area contributed by atoms with E-state index in [0.29, 0.717) is 41.6 Å². The van der Waals surface area contributed by atoms with E-state index in [4.69, 9.17) is 4.42 Å². The second kappa shape index (κ2) is 7.33. The largest absolute Gasteiger partial charge is 0.419 e. The van der Waals surface area contributed by atoms with Gasteiger partial charge in [-0.2, -0.15) is 0 Å². The maximum Gasteiger partial charge on any atom is 0.270 e. The Morgan fingerprint density at radius 2 is 2.00 bits per heavy atom. The number of rotatable bonds is 3. The van der Waals surface area contributed by atoms with Crippen molar-refractivity contribution < 1.29 is 13.6 Å². The Hall–Kier alpha value is -3.62. The molecular formula is C21H19FN6O2. The molecule has 4 aromatic rings. The number of likely N-dealkylation sites (tertiary alicyclic amines) is 1. The fourth-order valence-corrected chi connectivity index (χ4v) is 3.72. The number of hydrogen-bond donors (Lipinski definition) is 1. The number of aryl methyl sites for hydroxylation is 1. The van der Waals surface area contributed by atoms with Crippen molar-refractivity contribution >= 4 is 16.8 Å². The molecule has 1 saturated heterocycles. The van der Waals surface area contributed by atoms with Gasteiger partial charge in [-0.3, -0.25) is 9.78 Å². The van der Waals surface area contributed by atoms with Crippen molar-refractivity contribution in [1.29, 1.82) is 0 Å². The maximum absolute atomic E-state index is 13.4. The van der Waals surface area contributed by atoms with E-state index in [1.165, 1.54) is 12.1 Å². The van der Waals surface area contributed by atoms with Gasteiger partial charge >= 0.3 is 0 Å². The minimum Gasteiger partial charge on any atom is -0.419 e. The molecule has 0 spiro atoms. The number of aromatic amines is 1. The van der Waals surface area contributed by atoms with Crippen LogP contribution in [0.15, 0.2) is 41.1 Å². The first-order valence-corrected chi connectivity index (χ1v) is 9.77. The molecule has 9 heteroatoms. The fourth-order valence-electron chi connectivity index (χ4n) is 3.72. The van der Waals surface area contributed by atoms with E-state index in [1.807, 2.05) is 6.92 Å². The first-order valence-electron chi connectivity index (χ1n) is 9.77. The third-order valence-electron chi connectivity index (χ3n) is 5.39. The van der Waals surface area contributed by atoms with Gasteiger partial charge in [0.25, 0.3) is 11.8 Å². The van der Waals surface area contributed by atoms with E-state index in [2.05, 4.69) is 25.1 Å². The molecule has 0 atom stereocenters. The van der Waals surface area contributed by atoms with Gasteiger partial charge < -0.3 is 14.3 Å². The number of benzene rings is 1. The number of aromatic nitrogens is 5. The summed E-state index contributed by atoms with van der Waals surface area (Å²) in [6.45, 7) is 3.02. The lowest BCUT2D eigenvalue weighted by Gasteiger charge is -2.30. The van der Waals surface area contributed by atoms with Gasteiger partial charge in [-0.15, -0.1) is 10.2 Å². The van der Waals surface area contributed by atoms with Gasteiger partial charge in [0.2, 0.25) is 5.89 Å². The van der Waals surface area contributed by atoms with Crippen molar-refractivity contribution in [3.05, 3.63) is 59.8 Å². The van der Waals surface area contributed by atoms with E-state index in [9.17, 15) is 9.18 Å². The summed E-state index contributed by atoms with van der Waals surface area (Å²) in [5.74, 6) is 0.579. The van der Waals surface area contributed by atoms with E-state index in [0.717, 1.165) is 24.1 Å². The highest BCUT2D eigenvalue weighted by atomic mass is 19.1. The SMILES string of the molecule is Cc1cnc(-c2nnc(C3CCN(C(=O)c4cc5cc(F)ccc5[nH]4)CC3)o2)cn1. The van der Waals surface area contributed by atoms with Gasteiger partial charge in [-0.25, -0.2) is 9.37 Å². The van der Waals surface area contributed by atoms with Gasteiger partial charge in [0.1, 0.15) is 17.2 Å². The van der Waals surface area contributed by atoms with Crippen LogP contribution in [-0.4, -0.2) is 49.0 Å². The molecule has 1 N–H and O–H groups in total. The predicted molar refractivity (Wildman–Crippen MR) is 106 cm³/mol. The summed E-state index contributed by atoms with van der Waals surface area (Å²) in [7, 11) is 0. The Morgan fingerprint density at radius 1 is 1.17 bits per heavy atom. The lowest BCUT2D eigenvalue weighted by molar-refractivity contribution is 0.0701. The third-order valence-corrected chi connectivity index (χ3v) is 5.39. The Kier molecular flexibility index (Phi) is 4.50. The van der Waals surface area contributed by atoms with Crippen LogP contribution in [-0.2, 0) is 0 Å². The molecule has 1 aliphatic rings. The summed E-state index contributed by atoms with van der Waals surface area (Å²) < 4.78 is 19.2. The molecule has 4 heterocycles. The molecule has 0 radical (unpaired) electrons. The van der Waals surface area contributed by atoms with Crippen molar-refractivity contribution in [2.45, 2.75) is 25.7 Å². The van der Waals surface area contributed by atoms with Gasteiger partial charge in [0.15, 0.2) is 0 Å². The molecular weight excluding hydrogens is 387 g/mol. The number of nitrogens with zero attached hydrogens (tertiary/aromatic N) is 5. The molecule has 3 aromatic heterocycles. The normalized spacial score (nSPS) is 15.1. The summed E-state index contributed by atoms with van der Waals surface area (Å²) >= 11 is 0. The molecule has 1 aliphatic heterocycles. The third kappa shape index (κ3) is 3.42. The number of carbonyl (C=O) groups excluding carboxylic acids is 1. The zero-order chi connectivity index (χ0) is 20.7. The monoisotopic (exact) mass is 406 g/mol. The lowest BCUT2D eigenvalue weighted by Crippen LogP contribution is -2.38.